The van der Waals surface area contributed by atoms with Crippen LogP contribution >= 0.6 is 11.3 Å². The number of ether oxygens (including phenoxy) is 1. The van der Waals surface area contributed by atoms with Crippen molar-refractivity contribution in [1.29, 1.82) is 0 Å². The van der Waals surface area contributed by atoms with Crippen molar-refractivity contribution >= 4 is 17.4 Å². The lowest BCUT2D eigenvalue weighted by Gasteiger charge is -2.35. The zero-order valence-corrected chi connectivity index (χ0v) is 14.0. The third-order valence-electron chi connectivity index (χ3n) is 3.65. The number of thiophene rings is 1. The van der Waals surface area contributed by atoms with Gasteiger partial charge in [-0.3, -0.25) is 0 Å². The molecule has 21 heavy (non-hydrogen) atoms. The van der Waals surface area contributed by atoms with Crippen molar-refractivity contribution in [3.8, 4) is 0 Å². The van der Waals surface area contributed by atoms with E-state index in [1.165, 1.54) is 4.88 Å². The highest BCUT2D eigenvalue weighted by molar-refractivity contribution is 7.10. The number of hydrogen-bond acceptors (Lipinski definition) is 4. The van der Waals surface area contributed by atoms with E-state index in [1.54, 1.807) is 11.3 Å². The van der Waals surface area contributed by atoms with Crippen molar-refractivity contribution in [2.75, 3.05) is 33.7 Å². The van der Waals surface area contributed by atoms with E-state index in [0.717, 1.165) is 0 Å². The van der Waals surface area contributed by atoms with Crippen molar-refractivity contribution in [2.24, 2.45) is 0 Å². The molecular formula is C15H25N3O2S. The molecule has 1 N–H and O–H groups in total. The van der Waals surface area contributed by atoms with Crippen molar-refractivity contribution in [1.82, 2.24) is 15.1 Å². The number of carbonyl (C=O) groups is 1. The molecule has 0 bridgehead atoms. The van der Waals surface area contributed by atoms with Gasteiger partial charge in [-0.25, -0.2) is 4.79 Å². The van der Waals surface area contributed by atoms with Gasteiger partial charge in [-0.1, -0.05) is 6.07 Å². The molecule has 1 aliphatic rings. The smallest absolute Gasteiger partial charge is 0.317 e. The molecule has 6 heteroatoms. The fraction of sp³-hybridized carbons (Fsp3) is 0.667. The lowest BCUT2D eigenvalue weighted by atomic mass is 10.2. The van der Waals surface area contributed by atoms with Crippen LogP contribution in [-0.4, -0.2) is 61.8 Å². The molecule has 2 heterocycles. The zero-order valence-electron chi connectivity index (χ0n) is 13.2. The van der Waals surface area contributed by atoms with Gasteiger partial charge in [-0.15, -0.1) is 11.3 Å². The number of urea groups is 1. The zero-order chi connectivity index (χ0) is 15.4. The summed E-state index contributed by atoms with van der Waals surface area (Å²) >= 11 is 1.72. The van der Waals surface area contributed by atoms with Crippen LogP contribution in [-0.2, 0) is 4.74 Å². The van der Waals surface area contributed by atoms with Crippen molar-refractivity contribution in [3.05, 3.63) is 22.4 Å². The number of carbonyl (C=O) groups excluding carboxylic acids is 1. The Balaban J connectivity index is 1.90. The average Bonchev–Trinajstić information content (AvgIpc) is 2.91. The van der Waals surface area contributed by atoms with E-state index in [9.17, 15) is 4.79 Å². The second-order valence-electron chi connectivity index (χ2n) is 5.84. The van der Waals surface area contributed by atoms with E-state index >= 15 is 0 Å². The molecule has 5 nitrogen and oxygen atoms in total. The van der Waals surface area contributed by atoms with Crippen LogP contribution in [0.1, 0.15) is 24.8 Å². The summed E-state index contributed by atoms with van der Waals surface area (Å²) in [6, 6.07) is 4.37. The maximum atomic E-state index is 12.3. The van der Waals surface area contributed by atoms with Gasteiger partial charge in [0.25, 0.3) is 0 Å². The summed E-state index contributed by atoms with van der Waals surface area (Å²) in [7, 11) is 4.07. The first kappa shape index (κ1) is 16.3. The molecule has 0 aliphatic carbocycles. The molecule has 118 valence electrons. The monoisotopic (exact) mass is 311 g/mol. The Morgan fingerprint density at radius 3 is 2.67 bits per heavy atom. The molecule has 1 aliphatic heterocycles. The maximum absolute atomic E-state index is 12.3. The molecule has 0 spiro atoms. The predicted molar refractivity (Wildman–Crippen MR) is 85.7 cm³/mol. The molecule has 1 aromatic heterocycles. The molecule has 0 radical (unpaired) electrons. The molecule has 2 amide bonds. The molecule has 0 saturated carbocycles. The highest BCUT2D eigenvalue weighted by Crippen LogP contribution is 2.22. The minimum atomic E-state index is 0.000376. The first-order valence-corrected chi connectivity index (χ1v) is 8.23. The summed E-state index contributed by atoms with van der Waals surface area (Å²) in [5.41, 5.74) is 0. The molecule has 3 atom stereocenters. The van der Waals surface area contributed by atoms with Crippen LogP contribution in [0.4, 0.5) is 4.79 Å². The summed E-state index contributed by atoms with van der Waals surface area (Å²) < 4.78 is 5.66. The second kappa shape index (κ2) is 7.24. The number of hydrogen-bond donors (Lipinski definition) is 1. The van der Waals surface area contributed by atoms with Gasteiger partial charge in [-0.2, -0.15) is 0 Å². The molecule has 1 aromatic rings. The number of rotatable bonds is 4. The number of amides is 2. The standard InChI is InChI=1S/C15H25N3O2S/c1-11-9-18(10-12(2)20-11)15(19)16-8-13(17(3)4)14-6-5-7-21-14/h5-7,11-13H,8-10H2,1-4H3,(H,16,19)/t11-,12-,13-/m1/s1. The van der Waals surface area contributed by atoms with Crippen molar-refractivity contribution in [2.45, 2.75) is 32.1 Å². The van der Waals surface area contributed by atoms with Crippen LogP contribution in [0.15, 0.2) is 17.5 Å². The Morgan fingerprint density at radius 2 is 2.14 bits per heavy atom. The minimum absolute atomic E-state index is 0.000376. The SMILES string of the molecule is C[C@@H]1CN(C(=O)NC[C@H](c2cccs2)N(C)C)C[C@@H](C)O1. The Hall–Kier alpha value is -1.11. The Kier molecular flexibility index (Phi) is 5.61. The predicted octanol–water partition coefficient (Wildman–Crippen LogP) is 2.17. The van der Waals surface area contributed by atoms with Crippen molar-refractivity contribution < 1.29 is 9.53 Å². The van der Waals surface area contributed by atoms with Gasteiger partial charge in [0.2, 0.25) is 0 Å². The van der Waals surface area contributed by atoms with Gasteiger partial charge in [0, 0.05) is 24.5 Å². The molecule has 0 unspecified atom stereocenters. The fourth-order valence-electron chi connectivity index (χ4n) is 2.66. The molecule has 2 rings (SSSR count). The summed E-state index contributed by atoms with van der Waals surface area (Å²) in [5.74, 6) is 0. The lowest BCUT2D eigenvalue weighted by molar-refractivity contribution is -0.0546. The van der Waals surface area contributed by atoms with Crippen LogP contribution in [0.2, 0.25) is 0 Å². The van der Waals surface area contributed by atoms with Crippen LogP contribution in [0.5, 0.6) is 0 Å². The van der Waals surface area contributed by atoms with Gasteiger partial charge >= 0.3 is 6.03 Å². The number of nitrogens with zero attached hydrogens (tertiary/aromatic N) is 2. The molecule has 0 aromatic carbocycles. The van der Waals surface area contributed by atoms with Gasteiger partial charge in [0.05, 0.1) is 18.2 Å². The maximum Gasteiger partial charge on any atom is 0.317 e. The largest absolute Gasteiger partial charge is 0.372 e. The molecule has 1 fully saturated rings. The average molecular weight is 311 g/mol. The minimum Gasteiger partial charge on any atom is -0.372 e. The van der Waals surface area contributed by atoms with E-state index in [0.29, 0.717) is 19.6 Å². The third-order valence-corrected chi connectivity index (χ3v) is 4.62. The van der Waals surface area contributed by atoms with E-state index in [1.807, 2.05) is 38.9 Å². The molecule has 1 saturated heterocycles. The van der Waals surface area contributed by atoms with Crippen LogP contribution in [0.3, 0.4) is 0 Å². The highest BCUT2D eigenvalue weighted by atomic mass is 32.1. The fourth-order valence-corrected chi connectivity index (χ4v) is 3.58. The summed E-state index contributed by atoms with van der Waals surface area (Å²) in [5, 5.41) is 5.13. The Bertz CT molecular complexity index is 440. The Morgan fingerprint density at radius 1 is 1.48 bits per heavy atom. The number of likely N-dealkylation sites (N-methyl/N-ethyl adjacent to an activating group) is 1. The summed E-state index contributed by atoms with van der Waals surface area (Å²) in [6.45, 7) is 5.94. The highest BCUT2D eigenvalue weighted by Gasteiger charge is 2.26. The number of nitrogens with one attached hydrogen (secondary N) is 1. The van der Waals surface area contributed by atoms with Crippen LogP contribution < -0.4 is 5.32 Å². The normalized spacial score (nSPS) is 24.1. The van der Waals surface area contributed by atoms with Crippen LogP contribution in [0.25, 0.3) is 0 Å². The van der Waals surface area contributed by atoms with E-state index < -0.39 is 0 Å². The molecular weight excluding hydrogens is 286 g/mol. The topological polar surface area (TPSA) is 44.8 Å². The first-order valence-electron chi connectivity index (χ1n) is 7.35. The van der Waals surface area contributed by atoms with Gasteiger partial charge < -0.3 is 19.9 Å². The second-order valence-corrected chi connectivity index (χ2v) is 6.82. The van der Waals surface area contributed by atoms with E-state index in [-0.39, 0.29) is 24.3 Å². The third kappa shape index (κ3) is 4.43. The first-order chi connectivity index (χ1) is 9.97. The van der Waals surface area contributed by atoms with E-state index in [4.69, 9.17) is 4.74 Å². The lowest BCUT2D eigenvalue weighted by Crippen LogP contribution is -2.52. The Labute approximate surface area is 130 Å². The number of morpholine rings is 1. The van der Waals surface area contributed by atoms with Gasteiger partial charge in [0.15, 0.2) is 0 Å². The quantitative estimate of drug-likeness (QED) is 0.927. The van der Waals surface area contributed by atoms with Crippen molar-refractivity contribution in [3.63, 3.8) is 0 Å². The van der Waals surface area contributed by atoms with Gasteiger partial charge in [-0.05, 0) is 39.4 Å². The van der Waals surface area contributed by atoms with E-state index in [2.05, 4.69) is 21.7 Å². The summed E-state index contributed by atoms with van der Waals surface area (Å²) in [6.07, 6.45) is 0.197. The summed E-state index contributed by atoms with van der Waals surface area (Å²) in [4.78, 5) is 17.6. The van der Waals surface area contributed by atoms with Gasteiger partial charge in [0.1, 0.15) is 0 Å². The van der Waals surface area contributed by atoms with Crippen LogP contribution in [0, 0.1) is 0 Å².